The van der Waals surface area contributed by atoms with Crippen molar-refractivity contribution in [3.63, 3.8) is 0 Å². The lowest BCUT2D eigenvalue weighted by atomic mass is 9.99. The van der Waals surface area contributed by atoms with E-state index in [0.29, 0.717) is 17.9 Å². The van der Waals surface area contributed by atoms with E-state index in [4.69, 9.17) is 5.11 Å². The van der Waals surface area contributed by atoms with Gasteiger partial charge in [0.05, 0.1) is 0 Å². The highest BCUT2D eigenvalue weighted by Crippen LogP contribution is 2.14. The van der Waals surface area contributed by atoms with E-state index in [0.717, 1.165) is 6.42 Å². The van der Waals surface area contributed by atoms with E-state index < -0.39 is 5.97 Å². The van der Waals surface area contributed by atoms with Crippen LogP contribution in [0.15, 0.2) is 11.6 Å². The molecule has 0 spiro atoms. The lowest BCUT2D eigenvalue weighted by molar-refractivity contribution is -0.132. The standard InChI is InChI=1S/C12H22O2/c1-4-6-7-10(3)8-9-11(5-2)12(13)14/h9-10H,4-8H2,1-3H3,(H,13,14). The van der Waals surface area contributed by atoms with Gasteiger partial charge in [-0.1, -0.05) is 46.1 Å². The Hall–Kier alpha value is -0.790. The Morgan fingerprint density at radius 2 is 2.07 bits per heavy atom. The zero-order valence-electron chi connectivity index (χ0n) is 9.55. The van der Waals surface area contributed by atoms with Gasteiger partial charge in [0.1, 0.15) is 0 Å². The molecule has 0 fully saturated rings. The van der Waals surface area contributed by atoms with Crippen LogP contribution in [0.1, 0.15) is 52.9 Å². The van der Waals surface area contributed by atoms with Crippen LogP contribution >= 0.6 is 0 Å². The number of hydrogen-bond donors (Lipinski definition) is 1. The molecule has 0 aromatic carbocycles. The highest BCUT2D eigenvalue weighted by Gasteiger charge is 2.05. The summed E-state index contributed by atoms with van der Waals surface area (Å²) >= 11 is 0. The fourth-order valence-corrected chi connectivity index (χ4v) is 1.40. The normalized spacial score (nSPS) is 14.1. The summed E-state index contributed by atoms with van der Waals surface area (Å²) in [5, 5.41) is 8.79. The van der Waals surface area contributed by atoms with Crippen LogP contribution in [-0.4, -0.2) is 11.1 Å². The van der Waals surface area contributed by atoms with Gasteiger partial charge in [-0.2, -0.15) is 0 Å². The van der Waals surface area contributed by atoms with Gasteiger partial charge in [0, 0.05) is 5.57 Å². The van der Waals surface area contributed by atoms with Crippen LogP contribution in [0.25, 0.3) is 0 Å². The molecule has 0 aromatic rings. The Labute approximate surface area is 87.0 Å². The fraction of sp³-hybridized carbons (Fsp3) is 0.750. The Kier molecular flexibility index (Phi) is 7.17. The summed E-state index contributed by atoms with van der Waals surface area (Å²) in [5.74, 6) is -0.161. The molecule has 0 rings (SSSR count). The van der Waals surface area contributed by atoms with Crippen LogP contribution < -0.4 is 0 Å². The third kappa shape index (κ3) is 5.79. The zero-order valence-corrected chi connectivity index (χ0v) is 9.55. The maximum atomic E-state index is 10.7. The summed E-state index contributed by atoms with van der Waals surface area (Å²) in [5.41, 5.74) is 0.549. The topological polar surface area (TPSA) is 37.3 Å². The fourth-order valence-electron chi connectivity index (χ4n) is 1.40. The molecule has 0 bridgehead atoms. The minimum atomic E-state index is -0.768. The van der Waals surface area contributed by atoms with Crippen molar-refractivity contribution in [3.8, 4) is 0 Å². The maximum absolute atomic E-state index is 10.7. The molecule has 0 aliphatic carbocycles. The summed E-state index contributed by atoms with van der Waals surface area (Å²) in [7, 11) is 0. The van der Waals surface area contributed by atoms with Crippen molar-refractivity contribution in [3.05, 3.63) is 11.6 Å². The minimum Gasteiger partial charge on any atom is -0.478 e. The van der Waals surface area contributed by atoms with Gasteiger partial charge in [0.2, 0.25) is 0 Å². The Morgan fingerprint density at radius 3 is 2.50 bits per heavy atom. The number of carbonyl (C=O) groups is 1. The summed E-state index contributed by atoms with van der Waals surface area (Å²) in [6.45, 7) is 6.25. The average Bonchev–Trinajstić information content (AvgIpc) is 2.15. The SMILES string of the molecule is CCCCC(C)CC=C(CC)C(=O)O. The molecule has 1 N–H and O–H groups in total. The summed E-state index contributed by atoms with van der Waals surface area (Å²) in [4.78, 5) is 10.7. The molecular formula is C12H22O2. The predicted octanol–water partition coefficient (Wildman–Crippen LogP) is 3.62. The van der Waals surface area contributed by atoms with Crippen molar-refractivity contribution in [2.45, 2.75) is 52.9 Å². The van der Waals surface area contributed by atoms with Crippen LogP contribution in [-0.2, 0) is 4.79 Å². The Balaban J connectivity index is 3.92. The first-order valence-corrected chi connectivity index (χ1v) is 5.54. The van der Waals surface area contributed by atoms with Gasteiger partial charge in [0.15, 0.2) is 0 Å². The van der Waals surface area contributed by atoms with Gasteiger partial charge in [0.25, 0.3) is 0 Å². The Bertz CT molecular complexity index is 194. The monoisotopic (exact) mass is 198 g/mol. The average molecular weight is 198 g/mol. The van der Waals surface area contributed by atoms with E-state index in [1.165, 1.54) is 19.3 Å². The van der Waals surface area contributed by atoms with E-state index in [1.54, 1.807) is 0 Å². The summed E-state index contributed by atoms with van der Waals surface area (Å²) < 4.78 is 0. The van der Waals surface area contributed by atoms with Gasteiger partial charge in [-0.25, -0.2) is 4.79 Å². The van der Waals surface area contributed by atoms with Crippen molar-refractivity contribution in [2.75, 3.05) is 0 Å². The van der Waals surface area contributed by atoms with Crippen LogP contribution in [0, 0.1) is 5.92 Å². The second-order valence-corrected chi connectivity index (χ2v) is 3.87. The van der Waals surface area contributed by atoms with Crippen LogP contribution in [0.2, 0.25) is 0 Å². The van der Waals surface area contributed by atoms with Crippen molar-refractivity contribution in [1.82, 2.24) is 0 Å². The van der Waals surface area contributed by atoms with E-state index in [-0.39, 0.29) is 0 Å². The first-order valence-electron chi connectivity index (χ1n) is 5.54. The highest BCUT2D eigenvalue weighted by atomic mass is 16.4. The van der Waals surface area contributed by atoms with Crippen LogP contribution in [0.5, 0.6) is 0 Å². The summed E-state index contributed by atoms with van der Waals surface area (Å²) in [6, 6.07) is 0. The molecule has 82 valence electrons. The molecule has 1 unspecified atom stereocenters. The molecule has 2 heteroatoms. The number of aliphatic carboxylic acids is 1. The van der Waals surface area contributed by atoms with Crippen molar-refractivity contribution < 1.29 is 9.90 Å². The Morgan fingerprint density at radius 1 is 1.43 bits per heavy atom. The number of carboxylic acid groups (broad SMARTS) is 1. The predicted molar refractivity (Wildman–Crippen MR) is 59.3 cm³/mol. The second kappa shape index (κ2) is 7.60. The van der Waals surface area contributed by atoms with Crippen molar-refractivity contribution >= 4 is 5.97 Å². The minimum absolute atomic E-state index is 0.549. The first-order chi connectivity index (χ1) is 6.61. The molecule has 0 aliphatic heterocycles. The van der Waals surface area contributed by atoms with Crippen molar-refractivity contribution in [2.24, 2.45) is 5.92 Å². The maximum Gasteiger partial charge on any atom is 0.331 e. The van der Waals surface area contributed by atoms with Gasteiger partial charge in [-0.05, 0) is 18.8 Å². The third-order valence-electron chi connectivity index (χ3n) is 2.47. The van der Waals surface area contributed by atoms with Gasteiger partial charge in [-0.15, -0.1) is 0 Å². The molecule has 0 saturated heterocycles. The molecule has 0 aliphatic rings. The molecule has 0 aromatic heterocycles. The molecule has 0 saturated carbocycles. The lowest BCUT2D eigenvalue weighted by Gasteiger charge is -2.07. The zero-order chi connectivity index (χ0) is 11.0. The number of hydrogen-bond acceptors (Lipinski definition) is 1. The number of carboxylic acids is 1. The van der Waals surface area contributed by atoms with Crippen LogP contribution in [0.4, 0.5) is 0 Å². The largest absolute Gasteiger partial charge is 0.478 e. The summed E-state index contributed by atoms with van der Waals surface area (Å²) in [6.07, 6.45) is 7.05. The first kappa shape index (κ1) is 13.2. The molecule has 14 heavy (non-hydrogen) atoms. The molecule has 0 heterocycles. The van der Waals surface area contributed by atoms with Gasteiger partial charge < -0.3 is 5.11 Å². The van der Waals surface area contributed by atoms with E-state index in [2.05, 4.69) is 13.8 Å². The van der Waals surface area contributed by atoms with Gasteiger partial charge >= 0.3 is 5.97 Å². The highest BCUT2D eigenvalue weighted by molar-refractivity contribution is 5.86. The second-order valence-electron chi connectivity index (χ2n) is 3.87. The van der Waals surface area contributed by atoms with E-state index >= 15 is 0 Å². The molecular weight excluding hydrogens is 176 g/mol. The van der Waals surface area contributed by atoms with Gasteiger partial charge in [-0.3, -0.25) is 0 Å². The number of allylic oxidation sites excluding steroid dienone is 1. The number of rotatable bonds is 7. The molecule has 1 atom stereocenters. The molecule has 2 nitrogen and oxygen atoms in total. The molecule has 0 amide bonds. The quantitative estimate of drug-likeness (QED) is 0.634. The molecule has 0 radical (unpaired) electrons. The van der Waals surface area contributed by atoms with Crippen LogP contribution in [0.3, 0.4) is 0 Å². The van der Waals surface area contributed by atoms with Crippen molar-refractivity contribution in [1.29, 1.82) is 0 Å². The smallest absolute Gasteiger partial charge is 0.331 e. The van der Waals surface area contributed by atoms with E-state index in [1.807, 2.05) is 13.0 Å². The third-order valence-corrected chi connectivity index (χ3v) is 2.47. The van der Waals surface area contributed by atoms with E-state index in [9.17, 15) is 4.79 Å². The number of unbranched alkanes of at least 4 members (excludes halogenated alkanes) is 1. The lowest BCUT2D eigenvalue weighted by Crippen LogP contribution is -2.01.